The van der Waals surface area contributed by atoms with Crippen LogP contribution in [0.2, 0.25) is 0 Å². The molecule has 0 bridgehead atoms. The van der Waals surface area contributed by atoms with Gasteiger partial charge >= 0.3 is 0 Å². The Bertz CT molecular complexity index is 348. The Morgan fingerprint density at radius 1 is 1.56 bits per heavy atom. The molecule has 1 aromatic rings. The van der Waals surface area contributed by atoms with Crippen LogP contribution in [0.3, 0.4) is 0 Å². The normalized spacial score (nSPS) is 22.0. The maximum absolute atomic E-state index is 10.0. The molecule has 2 heterocycles. The van der Waals surface area contributed by atoms with Gasteiger partial charge in [-0.05, 0) is 39.0 Å². The van der Waals surface area contributed by atoms with Crippen LogP contribution < -0.4 is 0 Å². The van der Waals surface area contributed by atoms with E-state index in [0.717, 1.165) is 38.2 Å². The van der Waals surface area contributed by atoms with E-state index in [-0.39, 0.29) is 6.10 Å². The SMILES string of the molecule is CCn1ncnc1CC(O)CCC1CCCCO1. The molecule has 1 aliphatic heterocycles. The number of aryl methyl sites for hydroxylation is 1. The predicted molar refractivity (Wildman–Crippen MR) is 68.2 cm³/mol. The number of aliphatic hydroxyl groups excluding tert-OH is 1. The zero-order valence-corrected chi connectivity index (χ0v) is 11.1. The highest BCUT2D eigenvalue weighted by Gasteiger charge is 2.17. The first kappa shape index (κ1) is 13.5. The molecule has 1 aliphatic rings. The van der Waals surface area contributed by atoms with E-state index in [1.54, 1.807) is 6.33 Å². The topological polar surface area (TPSA) is 60.2 Å². The molecule has 5 heteroatoms. The van der Waals surface area contributed by atoms with Crippen molar-refractivity contribution in [1.82, 2.24) is 14.8 Å². The molecule has 102 valence electrons. The summed E-state index contributed by atoms with van der Waals surface area (Å²) < 4.78 is 7.50. The molecule has 1 aromatic heterocycles. The minimum absolute atomic E-state index is 0.343. The van der Waals surface area contributed by atoms with Gasteiger partial charge in [-0.25, -0.2) is 4.98 Å². The smallest absolute Gasteiger partial charge is 0.138 e. The van der Waals surface area contributed by atoms with Gasteiger partial charge in [-0.15, -0.1) is 0 Å². The third kappa shape index (κ3) is 3.78. The van der Waals surface area contributed by atoms with E-state index in [2.05, 4.69) is 10.1 Å². The summed E-state index contributed by atoms with van der Waals surface area (Å²) in [5.74, 6) is 0.870. The van der Waals surface area contributed by atoms with Gasteiger partial charge in [-0.1, -0.05) is 0 Å². The molecule has 0 radical (unpaired) electrons. The van der Waals surface area contributed by atoms with Crippen LogP contribution in [0.1, 0.15) is 44.9 Å². The van der Waals surface area contributed by atoms with E-state index in [9.17, 15) is 5.11 Å². The standard InChI is InChI=1S/C13H23N3O2/c1-2-16-13(14-10-15-16)9-11(17)6-7-12-5-3-4-8-18-12/h10-12,17H,2-9H2,1H3. The number of hydrogen-bond donors (Lipinski definition) is 1. The maximum atomic E-state index is 10.0. The van der Waals surface area contributed by atoms with Gasteiger partial charge in [0, 0.05) is 19.6 Å². The molecule has 2 rings (SSSR count). The Balaban J connectivity index is 1.72. The second kappa shape index (κ2) is 6.85. The van der Waals surface area contributed by atoms with E-state index in [4.69, 9.17) is 4.74 Å². The van der Waals surface area contributed by atoms with Gasteiger partial charge in [0.05, 0.1) is 12.2 Å². The lowest BCUT2D eigenvalue weighted by Gasteiger charge is -2.23. The van der Waals surface area contributed by atoms with Crippen molar-refractivity contribution in [3.05, 3.63) is 12.2 Å². The largest absolute Gasteiger partial charge is 0.393 e. The van der Waals surface area contributed by atoms with E-state index in [1.807, 2.05) is 11.6 Å². The molecule has 2 atom stereocenters. The van der Waals surface area contributed by atoms with E-state index in [1.165, 1.54) is 12.8 Å². The summed E-state index contributed by atoms with van der Waals surface area (Å²) in [5, 5.41) is 14.1. The Labute approximate surface area is 108 Å². The third-order valence-electron chi connectivity index (χ3n) is 3.51. The summed E-state index contributed by atoms with van der Waals surface area (Å²) in [6.45, 7) is 3.71. The first-order valence-electron chi connectivity index (χ1n) is 6.96. The van der Waals surface area contributed by atoms with Crippen LogP contribution in [0, 0.1) is 0 Å². The number of nitrogens with zero attached hydrogens (tertiary/aromatic N) is 3. The Hall–Kier alpha value is -0.940. The Morgan fingerprint density at radius 2 is 2.44 bits per heavy atom. The summed E-state index contributed by atoms with van der Waals surface area (Å²) in [4.78, 5) is 4.18. The zero-order chi connectivity index (χ0) is 12.8. The second-order valence-corrected chi connectivity index (χ2v) is 4.92. The van der Waals surface area contributed by atoms with Crippen molar-refractivity contribution in [2.24, 2.45) is 0 Å². The van der Waals surface area contributed by atoms with Crippen molar-refractivity contribution in [3.63, 3.8) is 0 Å². The average Bonchev–Trinajstić information content (AvgIpc) is 2.85. The highest BCUT2D eigenvalue weighted by Crippen LogP contribution is 2.18. The van der Waals surface area contributed by atoms with Gasteiger partial charge < -0.3 is 9.84 Å². The van der Waals surface area contributed by atoms with E-state index < -0.39 is 0 Å². The van der Waals surface area contributed by atoms with Gasteiger partial charge in [0.15, 0.2) is 0 Å². The minimum atomic E-state index is -0.343. The van der Waals surface area contributed by atoms with Gasteiger partial charge in [0.1, 0.15) is 12.2 Å². The van der Waals surface area contributed by atoms with Crippen LogP contribution >= 0.6 is 0 Å². The monoisotopic (exact) mass is 253 g/mol. The minimum Gasteiger partial charge on any atom is -0.393 e. The summed E-state index contributed by atoms with van der Waals surface area (Å²) in [6, 6.07) is 0. The number of aromatic nitrogens is 3. The van der Waals surface area contributed by atoms with Gasteiger partial charge in [0.25, 0.3) is 0 Å². The summed E-state index contributed by atoms with van der Waals surface area (Å²) in [7, 11) is 0. The lowest BCUT2D eigenvalue weighted by atomic mass is 10.0. The molecular formula is C13H23N3O2. The number of hydrogen-bond acceptors (Lipinski definition) is 4. The van der Waals surface area contributed by atoms with Crippen LogP contribution in [-0.4, -0.2) is 38.7 Å². The predicted octanol–water partition coefficient (Wildman–Crippen LogP) is 1.55. The molecule has 18 heavy (non-hydrogen) atoms. The lowest BCUT2D eigenvalue weighted by molar-refractivity contribution is 0.00216. The fourth-order valence-corrected chi connectivity index (χ4v) is 2.44. The van der Waals surface area contributed by atoms with Crippen LogP contribution in [0.15, 0.2) is 6.33 Å². The van der Waals surface area contributed by atoms with Crippen LogP contribution in [0.5, 0.6) is 0 Å². The second-order valence-electron chi connectivity index (χ2n) is 4.92. The zero-order valence-electron chi connectivity index (χ0n) is 11.1. The number of ether oxygens (including phenoxy) is 1. The van der Waals surface area contributed by atoms with Gasteiger partial charge in [-0.3, -0.25) is 4.68 Å². The number of aliphatic hydroxyl groups is 1. The quantitative estimate of drug-likeness (QED) is 0.835. The summed E-state index contributed by atoms with van der Waals surface area (Å²) >= 11 is 0. The molecule has 5 nitrogen and oxygen atoms in total. The molecule has 2 unspecified atom stereocenters. The molecule has 1 N–H and O–H groups in total. The molecule has 0 amide bonds. The molecular weight excluding hydrogens is 230 g/mol. The summed E-state index contributed by atoms with van der Waals surface area (Å²) in [6.07, 6.45) is 7.43. The van der Waals surface area contributed by atoms with Crippen LogP contribution in [-0.2, 0) is 17.7 Å². The van der Waals surface area contributed by atoms with Crippen molar-refractivity contribution < 1.29 is 9.84 Å². The molecule has 0 saturated carbocycles. The highest BCUT2D eigenvalue weighted by molar-refractivity contribution is 4.87. The molecule has 0 spiro atoms. The summed E-state index contributed by atoms with van der Waals surface area (Å²) in [5.41, 5.74) is 0. The van der Waals surface area contributed by atoms with Gasteiger partial charge in [-0.2, -0.15) is 5.10 Å². The van der Waals surface area contributed by atoms with Crippen molar-refractivity contribution in [2.45, 2.75) is 64.2 Å². The van der Waals surface area contributed by atoms with Crippen molar-refractivity contribution in [3.8, 4) is 0 Å². The lowest BCUT2D eigenvalue weighted by Crippen LogP contribution is -2.22. The van der Waals surface area contributed by atoms with Crippen LogP contribution in [0.4, 0.5) is 0 Å². The van der Waals surface area contributed by atoms with Gasteiger partial charge in [0.2, 0.25) is 0 Å². The molecule has 0 aromatic carbocycles. The third-order valence-corrected chi connectivity index (χ3v) is 3.51. The highest BCUT2D eigenvalue weighted by atomic mass is 16.5. The first-order chi connectivity index (χ1) is 8.79. The van der Waals surface area contributed by atoms with Crippen molar-refractivity contribution in [1.29, 1.82) is 0 Å². The molecule has 1 saturated heterocycles. The Kier molecular flexibility index (Phi) is 5.13. The van der Waals surface area contributed by atoms with Crippen molar-refractivity contribution in [2.75, 3.05) is 6.61 Å². The maximum Gasteiger partial charge on any atom is 0.138 e. The fraction of sp³-hybridized carbons (Fsp3) is 0.846. The molecule has 1 fully saturated rings. The van der Waals surface area contributed by atoms with Crippen LogP contribution in [0.25, 0.3) is 0 Å². The fourth-order valence-electron chi connectivity index (χ4n) is 2.44. The molecule has 0 aliphatic carbocycles. The average molecular weight is 253 g/mol. The van der Waals surface area contributed by atoms with E-state index in [0.29, 0.717) is 12.5 Å². The number of rotatable bonds is 6. The van der Waals surface area contributed by atoms with E-state index >= 15 is 0 Å². The van der Waals surface area contributed by atoms with Crippen molar-refractivity contribution >= 4 is 0 Å². The Morgan fingerprint density at radius 3 is 3.17 bits per heavy atom. The first-order valence-corrected chi connectivity index (χ1v) is 6.96.